The van der Waals surface area contributed by atoms with Gasteiger partial charge >= 0.3 is 0 Å². The Labute approximate surface area is 96.8 Å². The molecule has 92 valence electrons. The van der Waals surface area contributed by atoms with Crippen molar-refractivity contribution in [3.63, 3.8) is 0 Å². The molecule has 8 heteroatoms. The van der Waals surface area contributed by atoms with Crippen molar-refractivity contribution >= 4 is 18.3 Å². The Morgan fingerprint density at radius 3 is 2.75 bits per heavy atom. The van der Waals surface area contributed by atoms with Crippen molar-refractivity contribution in [3.05, 3.63) is 17.5 Å². The van der Waals surface area contributed by atoms with Gasteiger partial charge in [0.15, 0.2) is 5.69 Å². The number of nitrogens with zero attached hydrogens (tertiary/aromatic N) is 1. The lowest BCUT2D eigenvalue weighted by Crippen LogP contribution is -2.41. The molecule has 0 aliphatic heterocycles. The number of nitrogens with two attached hydrogens (primary N) is 1. The van der Waals surface area contributed by atoms with Gasteiger partial charge in [-0.15, -0.1) is 12.4 Å². The zero-order valence-electron chi connectivity index (χ0n) is 8.50. The lowest BCUT2D eigenvalue weighted by atomic mass is 10.3. The highest BCUT2D eigenvalue weighted by Crippen LogP contribution is 2.09. The Balaban J connectivity index is 0.00000225. The van der Waals surface area contributed by atoms with Crippen LogP contribution in [0.4, 0.5) is 8.78 Å². The van der Waals surface area contributed by atoms with Gasteiger partial charge in [-0.25, -0.2) is 8.78 Å². The van der Waals surface area contributed by atoms with Crippen molar-refractivity contribution < 1.29 is 18.1 Å². The number of carbonyl (C=O) groups excluding carboxylic acids is 1. The fraction of sp³-hybridized carbons (Fsp3) is 0.500. The van der Waals surface area contributed by atoms with Gasteiger partial charge in [0, 0.05) is 6.07 Å². The van der Waals surface area contributed by atoms with E-state index in [4.69, 9.17) is 5.73 Å². The molecule has 0 atom stereocenters. The average Bonchev–Trinajstić information content (AvgIpc) is 2.61. The zero-order chi connectivity index (χ0) is 11.5. The molecule has 5 nitrogen and oxygen atoms in total. The van der Waals surface area contributed by atoms with Crippen LogP contribution in [0.3, 0.4) is 0 Å². The fourth-order valence-corrected chi connectivity index (χ4v) is 0.846. The number of amides is 1. The molecule has 1 rings (SSSR count). The summed E-state index contributed by atoms with van der Waals surface area (Å²) in [6, 6.07) is 1.36. The van der Waals surface area contributed by atoms with Crippen LogP contribution in [0.2, 0.25) is 0 Å². The monoisotopic (exact) mass is 255 g/mol. The minimum Gasteiger partial charge on any atom is -0.361 e. The van der Waals surface area contributed by atoms with E-state index in [0.29, 0.717) is 5.76 Å². The summed E-state index contributed by atoms with van der Waals surface area (Å²) < 4.78 is 29.9. The lowest BCUT2D eigenvalue weighted by Gasteiger charge is -2.13. The van der Waals surface area contributed by atoms with E-state index in [0.717, 1.165) is 0 Å². The summed E-state index contributed by atoms with van der Waals surface area (Å²) in [7, 11) is 0. The van der Waals surface area contributed by atoms with Crippen LogP contribution in [0, 0.1) is 6.92 Å². The van der Waals surface area contributed by atoms with Crippen LogP contribution in [0.5, 0.6) is 0 Å². The molecule has 0 saturated carbocycles. The van der Waals surface area contributed by atoms with Crippen molar-refractivity contribution in [3.8, 4) is 0 Å². The van der Waals surface area contributed by atoms with E-state index < -0.39 is 24.9 Å². The molecule has 0 fully saturated rings. The van der Waals surface area contributed by atoms with Crippen molar-refractivity contribution in [2.45, 2.75) is 12.8 Å². The molecular formula is C8H12ClF2N3O2. The Kier molecular flexibility index (Phi) is 5.32. The molecule has 0 spiro atoms. The normalized spacial score (nSPS) is 10.8. The third kappa shape index (κ3) is 4.11. The minimum absolute atomic E-state index is 0. The van der Waals surface area contributed by atoms with Gasteiger partial charge in [-0.3, -0.25) is 4.79 Å². The van der Waals surface area contributed by atoms with Gasteiger partial charge in [0.2, 0.25) is 0 Å². The second-order valence-electron chi connectivity index (χ2n) is 3.07. The molecule has 0 aliphatic carbocycles. The summed E-state index contributed by atoms with van der Waals surface area (Å²) in [5.74, 6) is -3.38. The van der Waals surface area contributed by atoms with Crippen LogP contribution < -0.4 is 11.1 Å². The number of nitrogens with one attached hydrogen (secondary N) is 1. The van der Waals surface area contributed by atoms with Crippen LogP contribution in [0.25, 0.3) is 0 Å². The van der Waals surface area contributed by atoms with Crippen LogP contribution in [-0.2, 0) is 0 Å². The van der Waals surface area contributed by atoms with E-state index in [1.165, 1.54) is 6.07 Å². The molecule has 0 radical (unpaired) electrons. The van der Waals surface area contributed by atoms with Gasteiger partial charge in [0.25, 0.3) is 11.8 Å². The summed E-state index contributed by atoms with van der Waals surface area (Å²) in [6.45, 7) is -0.0301. The van der Waals surface area contributed by atoms with Crippen molar-refractivity contribution in [1.82, 2.24) is 10.5 Å². The van der Waals surface area contributed by atoms with Crippen LogP contribution >= 0.6 is 12.4 Å². The number of alkyl halides is 2. The molecule has 1 heterocycles. The number of aryl methyl sites for hydroxylation is 1. The average molecular weight is 256 g/mol. The van der Waals surface area contributed by atoms with Crippen molar-refractivity contribution in [1.29, 1.82) is 0 Å². The number of carbonyl (C=O) groups is 1. The highest BCUT2D eigenvalue weighted by atomic mass is 35.5. The van der Waals surface area contributed by atoms with Gasteiger partial charge in [-0.1, -0.05) is 5.16 Å². The lowest BCUT2D eigenvalue weighted by molar-refractivity contribution is 0.0117. The molecule has 1 aromatic heterocycles. The number of halogens is 3. The summed E-state index contributed by atoms with van der Waals surface area (Å²) >= 11 is 0. The van der Waals surface area contributed by atoms with Gasteiger partial charge < -0.3 is 15.6 Å². The van der Waals surface area contributed by atoms with Gasteiger partial charge in [-0.05, 0) is 6.92 Å². The fourth-order valence-electron chi connectivity index (χ4n) is 0.846. The molecule has 3 N–H and O–H groups in total. The number of aromatic nitrogens is 1. The Hall–Kier alpha value is -1.21. The predicted octanol–water partition coefficient (Wildman–Crippen LogP) is 0.729. The number of rotatable bonds is 4. The molecule has 1 aromatic rings. The molecule has 0 bridgehead atoms. The van der Waals surface area contributed by atoms with E-state index in [-0.39, 0.29) is 18.1 Å². The highest BCUT2D eigenvalue weighted by Gasteiger charge is 2.27. The molecule has 0 unspecified atom stereocenters. The molecule has 0 aromatic carbocycles. The first-order chi connectivity index (χ1) is 6.94. The summed E-state index contributed by atoms with van der Waals surface area (Å²) in [4.78, 5) is 11.2. The maximum Gasteiger partial charge on any atom is 0.277 e. The van der Waals surface area contributed by atoms with Crippen LogP contribution in [0.1, 0.15) is 16.2 Å². The summed E-state index contributed by atoms with van der Waals surface area (Å²) in [5.41, 5.74) is 4.77. The first-order valence-electron chi connectivity index (χ1n) is 4.24. The third-order valence-electron chi connectivity index (χ3n) is 1.67. The number of hydrogen-bond acceptors (Lipinski definition) is 4. The SMILES string of the molecule is Cc1cc(C(=O)NCC(F)(F)CN)no1.Cl. The zero-order valence-corrected chi connectivity index (χ0v) is 9.31. The summed E-state index contributed by atoms with van der Waals surface area (Å²) in [6.07, 6.45) is 0. The highest BCUT2D eigenvalue weighted by molar-refractivity contribution is 5.92. The minimum atomic E-state index is -3.10. The van der Waals surface area contributed by atoms with Gasteiger partial charge in [-0.2, -0.15) is 0 Å². The quantitative estimate of drug-likeness (QED) is 0.831. The molecule has 16 heavy (non-hydrogen) atoms. The maximum absolute atomic E-state index is 12.7. The van der Waals surface area contributed by atoms with E-state index in [1.807, 2.05) is 5.32 Å². The van der Waals surface area contributed by atoms with Gasteiger partial charge in [0.1, 0.15) is 5.76 Å². The molecule has 1 amide bonds. The first-order valence-corrected chi connectivity index (χ1v) is 4.24. The van der Waals surface area contributed by atoms with E-state index in [1.54, 1.807) is 6.92 Å². The Bertz CT molecular complexity index is 357. The van der Waals surface area contributed by atoms with Crippen molar-refractivity contribution in [2.24, 2.45) is 5.73 Å². The van der Waals surface area contributed by atoms with Gasteiger partial charge in [0.05, 0.1) is 13.1 Å². The smallest absolute Gasteiger partial charge is 0.277 e. The Morgan fingerprint density at radius 2 is 2.31 bits per heavy atom. The number of hydrogen-bond donors (Lipinski definition) is 2. The summed E-state index contributed by atoms with van der Waals surface area (Å²) in [5, 5.41) is 5.39. The molecular weight excluding hydrogens is 244 g/mol. The maximum atomic E-state index is 12.7. The third-order valence-corrected chi connectivity index (χ3v) is 1.67. The van der Waals surface area contributed by atoms with E-state index in [9.17, 15) is 13.6 Å². The second kappa shape index (κ2) is 5.76. The largest absolute Gasteiger partial charge is 0.361 e. The van der Waals surface area contributed by atoms with Crippen LogP contribution in [0.15, 0.2) is 10.6 Å². The standard InChI is InChI=1S/C8H11F2N3O2.ClH/c1-5-2-6(13-15-5)7(14)12-4-8(9,10)3-11;/h2H,3-4,11H2,1H3,(H,12,14);1H. The predicted molar refractivity (Wildman–Crippen MR) is 54.8 cm³/mol. The topological polar surface area (TPSA) is 81.2 Å². The Morgan fingerprint density at radius 1 is 1.69 bits per heavy atom. The van der Waals surface area contributed by atoms with E-state index in [2.05, 4.69) is 9.68 Å². The second-order valence-corrected chi connectivity index (χ2v) is 3.07. The first kappa shape index (κ1) is 14.8. The molecule has 0 aliphatic rings. The van der Waals surface area contributed by atoms with Crippen LogP contribution in [-0.4, -0.2) is 30.1 Å². The van der Waals surface area contributed by atoms with E-state index >= 15 is 0 Å². The van der Waals surface area contributed by atoms with Crippen molar-refractivity contribution in [2.75, 3.05) is 13.1 Å². The molecule has 0 saturated heterocycles.